The number of fused-ring (bicyclic) bond motifs is 1. The molecule has 0 aliphatic heterocycles. The molecule has 0 unspecified atom stereocenters. The fourth-order valence-corrected chi connectivity index (χ4v) is 4.34. The van der Waals surface area contributed by atoms with E-state index < -0.39 is 0 Å². The Bertz CT molecular complexity index is 973. The van der Waals surface area contributed by atoms with Crippen molar-refractivity contribution in [3.8, 4) is 5.75 Å². The van der Waals surface area contributed by atoms with Crippen LogP contribution in [0, 0.1) is 0 Å². The molecule has 1 aromatic heterocycles. The molecule has 2 aromatic carbocycles. The number of benzene rings is 2. The summed E-state index contributed by atoms with van der Waals surface area (Å²) in [5, 5.41) is 0. The average Bonchev–Trinajstić information content (AvgIpc) is 2.92. The Kier molecular flexibility index (Phi) is 5.60. The van der Waals surface area contributed by atoms with E-state index in [0.717, 1.165) is 26.6 Å². The second-order valence-electron chi connectivity index (χ2n) is 5.36. The van der Waals surface area contributed by atoms with E-state index >= 15 is 0 Å². The number of carbonyl (C=O) groups excluding carboxylic acids is 1. The van der Waals surface area contributed by atoms with Gasteiger partial charge in [0.25, 0.3) is 5.91 Å². The first kappa shape index (κ1) is 17.8. The number of ether oxygens (including phenoxy) is 1. The van der Waals surface area contributed by atoms with E-state index in [0.29, 0.717) is 17.0 Å². The van der Waals surface area contributed by atoms with Crippen LogP contribution in [-0.4, -0.2) is 22.8 Å². The molecule has 0 aliphatic rings. The van der Waals surface area contributed by atoms with Crippen LogP contribution in [0.4, 0.5) is 0 Å². The number of amides is 1. The van der Waals surface area contributed by atoms with Crippen molar-refractivity contribution >= 4 is 39.2 Å². The van der Waals surface area contributed by atoms with Gasteiger partial charge in [0, 0.05) is 17.5 Å². The number of carbonyl (C=O) groups is 1. The Morgan fingerprint density at radius 2 is 2.04 bits per heavy atom. The lowest BCUT2D eigenvalue weighted by molar-refractivity contribution is 0.0997. The topological polar surface area (TPSA) is 43.6 Å². The maximum atomic E-state index is 12.6. The van der Waals surface area contributed by atoms with Crippen LogP contribution in [0.15, 0.2) is 52.4 Å². The van der Waals surface area contributed by atoms with E-state index in [1.165, 1.54) is 11.3 Å². The van der Waals surface area contributed by atoms with Crippen molar-refractivity contribution in [2.45, 2.75) is 18.7 Å². The van der Waals surface area contributed by atoms with E-state index in [1.807, 2.05) is 61.0 Å². The highest BCUT2D eigenvalue weighted by molar-refractivity contribution is 7.99. The second-order valence-corrected chi connectivity index (χ2v) is 7.70. The van der Waals surface area contributed by atoms with Gasteiger partial charge in [0.2, 0.25) is 0 Å². The zero-order valence-corrected chi connectivity index (χ0v) is 16.1. The third kappa shape index (κ3) is 3.80. The van der Waals surface area contributed by atoms with Gasteiger partial charge in [-0.15, -0.1) is 11.8 Å². The molecule has 25 heavy (non-hydrogen) atoms. The SMILES string of the molecule is CCOc1cccc2sc(=NC(=O)c3cccc(SCC)c3)n(C)c12. The number of hydrogen-bond acceptors (Lipinski definition) is 4. The Morgan fingerprint density at radius 1 is 1.24 bits per heavy atom. The number of hydrogen-bond donors (Lipinski definition) is 0. The first-order valence-corrected chi connectivity index (χ1v) is 9.97. The third-order valence-electron chi connectivity index (χ3n) is 3.67. The number of thiazole rings is 1. The summed E-state index contributed by atoms with van der Waals surface area (Å²) >= 11 is 3.21. The van der Waals surface area contributed by atoms with Gasteiger partial charge >= 0.3 is 0 Å². The van der Waals surface area contributed by atoms with Crippen molar-refractivity contribution in [2.24, 2.45) is 12.0 Å². The van der Waals surface area contributed by atoms with Gasteiger partial charge in [0.1, 0.15) is 11.3 Å². The van der Waals surface area contributed by atoms with Crippen LogP contribution < -0.4 is 9.54 Å². The fraction of sp³-hybridized carbons (Fsp3) is 0.263. The normalized spacial score (nSPS) is 11.9. The zero-order chi connectivity index (χ0) is 17.8. The molecule has 0 bridgehead atoms. The second kappa shape index (κ2) is 7.89. The minimum Gasteiger partial charge on any atom is -0.492 e. The van der Waals surface area contributed by atoms with E-state index in [2.05, 4.69) is 11.9 Å². The van der Waals surface area contributed by atoms with Crippen LogP contribution in [0.25, 0.3) is 10.2 Å². The van der Waals surface area contributed by atoms with Gasteiger partial charge in [-0.2, -0.15) is 4.99 Å². The maximum Gasteiger partial charge on any atom is 0.279 e. The van der Waals surface area contributed by atoms with Gasteiger partial charge in [0.15, 0.2) is 4.80 Å². The van der Waals surface area contributed by atoms with Gasteiger partial charge in [-0.3, -0.25) is 4.79 Å². The maximum absolute atomic E-state index is 12.6. The zero-order valence-electron chi connectivity index (χ0n) is 14.5. The molecule has 0 saturated carbocycles. The van der Waals surface area contributed by atoms with Crippen LogP contribution in [0.5, 0.6) is 5.75 Å². The van der Waals surface area contributed by atoms with Crippen molar-refractivity contribution in [1.82, 2.24) is 4.57 Å². The molecule has 0 spiro atoms. The number of para-hydroxylation sites is 1. The molecule has 0 fully saturated rings. The highest BCUT2D eigenvalue weighted by atomic mass is 32.2. The molecule has 130 valence electrons. The standard InChI is InChI=1S/C19H20N2O2S2/c1-4-23-15-10-7-11-16-17(15)21(3)19(25-16)20-18(22)13-8-6-9-14(12-13)24-5-2/h6-12H,4-5H2,1-3H3. The first-order chi connectivity index (χ1) is 12.1. The Labute approximate surface area is 155 Å². The first-order valence-electron chi connectivity index (χ1n) is 8.17. The predicted molar refractivity (Wildman–Crippen MR) is 105 cm³/mol. The van der Waals surface area contributed by atoms with Crippen molar-refractivity contribution in [1.29, 1.82) is 0 Å². The van der Waals surface area contributed by atoms with E-state index in [4.69, 9.17) is 4.74 Å². The van der Waals surface area contributed by atoms with Gasteiger partial charge in [-0.25, -0.2) is 0 Å². The molecular formula is C19H20N2O2S2. The van der Waals surface area contributed by atoms with Crippen LogP contribution in [0.3, 0.4) is 0 Å². The van der Waals surface area contributed by atoms with Gasteiger partial charge in [-0.05, 0) is 43.0 Å². The van der Waals surface area contributed by atoms with Gasteiger partial charge in [0.05, 0.1) is 11.3 Å². The highest BCUT2D eigenvalue weighted by Gasteiger charge is 2.11. The van der Waals surface area contributed by atoms with Crippen molar-refractivity contribution in [2.75, 3.05) is 12.4 Å². The fourth-order valence-electron chi connectivity index (χ4n) is 2.58. The van der Waals surface area contributed by atoms with Crippen molar-refractivity contribution in [3.05, 3.63) is 52.8 Å². The number of thioether (sulfide) groups is 1. The summed E-state index contributed by atoms with van der Waals surface area (Å²) in [7, 11) is 1.91. The van der Waals surface area contributed by atoms with Gasteiger partial charge < -0.3 is 9.30 Å². The Balaban J connectivity index is 2.04. The molecule has 3 rings (SSSR count). The average molecular weight is 373 g/mol. The van der Waals surface area contributed by atoms with Crippen LogP contribution in [0.1, 0.15) is 24.2 Å². The molecule has 0 aliphatic carbocycles. The minimum atomic E-state index is -0.223. The summed E-state index contributed by atoms with van der Waals surface area (Å²) in [5.74, 6) is 1.56. The number of aryl methyl sites for hydroxylation is 1. The molecular weight excluding hydrogens is 352 g/mol. The van der Waals surface area contributed by atoms with Crippen molar-refractivity contribution in [3.63, 3.8) is 0 Å². The van der Waals surface area contributed by atoms with Crippen molar-refractivity contribution < 1.29 is 9.53 Å². The summed E-state index contributed by atoms with van der Waals surface area (Å²) in [6.45, 7) is 4.65. The molecule has 0 saturated heterocycles. The quantitative estimate of drug-likeness (QED) is 0.620. The number of nitrogens with zero attached hydrogens (tertiary/aromatic N) is 2. The predicted octanol–water partition coefficient (Wildman–Crippen LogP) is 4.49. The summed E-state index contributed by atoms with van der Waals surface area (Å²) in [6.07, 6.45) is 0. The lowest BCUT2D eigenvalue weighted by Crippen LogP contribution is -2.13. The van der Waals surface area contributed by atoms with E-state index in [-0.39, 0.29) is 5.91 Å². The summed E-state index contributed by atoms with van der Waals surface area (Å²) in [4.78, 5) is 18.7. The van der Waals surface area contributed by atoms with Gasteiger partial charge in [-0.1, -0.05) is 30.4 Å². The summed E-state index contributed by atoms with van der Waals surface area (Å²) in [6, 6.07) is 13.5. The highest BCUT2D eigenvalue weighted by Crippen LogP contribution is 2.27. The summed E-state index contributed by atoms with van der Waals surface area (Å²) in [5.41, 5.74) is 1.58. The molecule has 4 nitrogen and oxygen atoms in total. The molecule has 0 N–H and O–H groups in total. The molecule has 3 aromatic rings. The number of rotatable bonds is 5. The van der Waals surface area contributed by atoms with Crippen LogP contribution >= 0.6 is 23.1 Å². The molecule has 6 heteroatoms. The number of aromatic nitrogens is 1. The molecule has 1 heterocycles. The minimum absolute atomic E-state index is 0.223. The third-order valence-corrected chi connectivity index (χ3v) is 5.65. The van der Waals surface area contributed by atoms with E-state index in [9.17, 15) is 4.79 Å². The smallest absolute Gasteiger partial charge is 0.279 e. The lowest BCUT2D eigenvalue weighted by Gasteiger charge is -2.05. The van der Waals surface area contributed by atoms with Crippen LogP contribution in [0.2, 0.25) is 0 Å². The van der Waals surface area contributed by atoms with E-state index in [1.54, 1.807) is 11.8 Å². The van der Waals surface area contributed by atoms with Crippen LogP contribution in [-0.2, 0) is 7.05 Å². The lowest BCUT2D eigenvalue weighted by atomic mass is 10.2. The Morgan fingerprint density at radius 3 is 2.80 bits per heavy atom. The molecule has 0 atom stereocenters. The molecule has 1 amide bonds. The summed E-state index contributed by atoms with van der Waals surface area (Å²) < 4.78 is 8.68. The monoisotopic (exact) mass is 372 g/mol. The largest absolute Gasteiger partial charge is 0.492 e. The Hall–Kier alpha value is -2.05. The molecule has 0 radical (unpaired) electrons.